The lowest BCUT2D eigenvalue weighted by Crippen LogP contribution is -2.31. The number of nitrogens with one attached hydrogen (secondary N) is 1. The van der Waals surface area contributed by atoms with Gasteiger partial charge in [-0.3, -0.25) is 4.79 Å². The lowest BCUT2D eigenvalue weighted by Gasteiger charge is -2.18. The molecule has 3 aromatic rings. The number of thiophene rings is 1. The highest BCUT2D eigenvalue weighted by molar-refractivity contribution is 7.91. The summed E-state index contributed by atoms with van der Waals surface area (Å²) in [6.07, 6.45) is 0. The zero-order chi connectivity index (χ0) is 21.7. The van der Waals surface area contributed by atoms with Gasteiger partial charge >= 0.3 is 0 Å². The third-order valence-electron chi connectivity index (χ3n) is 4.68. The number of carbonyl (C=O) groups is 1. The molecule has 3 rings (SSSR count). The third-order valence-corrected chi connectivity index (χ3v) is 7.91. The Bertz CT molecular complexity index is 1110. The van der Waals surface area contributed by atoms with Gasteiger partial charge in [0.15, 0.2) is 21.3 Å². The number of methoxy groups -OCH3 is 2. The Morgan fingerprint density at radius 2 is 1.73 bits per heavy atom. The Balaban J connectivity index is 1.85. The molecule has 30 heavy (non-hydrogen) atoms. The van der Waals surface area contributed by atoms with Gasteiger partial charge in [0.05, 0.1) is 19.1 Å². The smallest absolute Gasteiger partial charge is 0.251 e. The van der Waals surface area contributed by atoms with Gasteiger partial charge < -0.3 is 14.8 Å². The Kier molecular flexibility index (Phi) is 6.79. The van der Waals surface area contributed by atoms with Gasteiger partial charge in [-0.1, -0.05) is 23.8 Å². The van der Waals surface area contributed by atoms with E-state index in [1.54, 1.807) is 54.6 Å². The first-order valence-corrected chi connectivity index (χ1v) is 11.6. The Hall–Kier alpha value is -2.84. The van der Waals surface area contributed by atoms with E-state index in [0.29, 0.717) is 21.9 Å². The lowest BCUT2D eigenvalue weighted by atomic mass is 10.2. The zero-order valence-corrected chi connectivity index (χ0v) is 18.5. The Morgan fingerprint density at radius 1 is 1.03 bits per heavy atom. The van der Waals surface area contributed by atoms with Crippen LogP contribution in [0.3, 0.4) is 0 Å². The normalized spacial score (nSPS) is 12.2. The van der Waals surface area contributed by atoms with Crippen LogP contribution in [0, 0.1) is 6.92 Å². The topological polar surface area (TPSA) is 81.7 Å². The number of aryl methyl sites for hydroxylation is 1. The second-order valence-corrected chi connectivity index (χ2v) is 9.75. The molecule has 0 aliphatic heterocycles. The summed E-state index contributed by atoms with van der Waals surface area (Å²) in [6.45, 7) is 1.85. The van der Waals surface area contributed by atoms with E-state index in [9.17, 15) is 13.2 Å². The quantitative estimate of drug-likeness (QED) is 0.566. The summed E-state index contributed by atoms with van der Waals surface area (Å²) in [5.41, 5.74) is 1.33. The molecule has 0 spiro atoms. The van der Waals surface area contributed by atoms with Crippen molar-refractivity contribution in [3.05, 3.63) is 76.0 Å². The van der Waals surface area contributed by atoms with Gasteiger partial charge in [0.25, 0.3) is 5.91 Å². The Morgan fingerprint density at radius 3 is 2.33 bits per heavy atom. The molecular weight excluding hydrogens is 422 g/mol. The summed E-state index contributed by atoms with van der Waals surface area (Å²) >= 11 is 1.35. The number of hydrogen-bond acceptors (Lipinski definition) is 6. The summed E-state index contributed by atoms with van der Waals surface area (Å²) in [5, 5.41) is 3.69. The number of sulfone groups is 1. The maximum absolute atomic E-state index is 13.3. The van der Waals surface area contributed by atoms with Crippen molar-refractivity contribution in [3.63, 3.8) is 0 Å². The van der Waals surface area contributed by atoms with Crippen molar-refractivity contribution in [3.8, 4) is 11.5 Å². The number of rotatable bonds is 8. The lowest BCUT2D eigenvalue weighted by molar-refractivity contribution is 0.0953. The molecule has 0 fully saturated rings. The van der Waals surface area contributed by atoms with Crippen molar-refractivity contribution in [2.45, 2.75) is 17.1 Å². The van der Waals surface area contributed by atoms with Crippen LogP contribution in [0.15, 0.2) is 64.9 Å². The van der Waals surface area contributed by atoms with Crippen LogP contribution in [0.4, 0.5) is 0 Å². The standard InChI is InChI=1S/C22H23NO5S2/c1-15-6-9-17(10-7-15)30(25,26)21(20-5-4-12-29-20)14-23-22(24)16-8-11-18(27-2)19(13-16)28-3/h4-13,21H,14H2,1-3H3,(H,23,24). The molecule has 158 valence electrons. The van der Waals surface area contributed by atoms with Gasteiger partial charge in [-0.15, -0.1) is 11.3 Å². The molecule has 1 N–H and O–H groups in total. The first-order chi connectivity index (χ1) is 14.4. The SMILES string of the molecule is COc1ccc(C(=O)NCC(c2cccs2)S(=O)(=O)c2ccc(C)cc2)cc1OC. The fourth-order valence-electron chi connectivity index (χ4n) is 2.99. The summed E-state index contributed by atoms with van der Waals surface area (Å²) in [5.74, 6) is 0.538. The second kappa shape index (κ2) is 9.32. The first kappa shape index (κ1) is 21.9. The summed E-state index contributed by atoms with van der Waals surface area (Å²) in [7, 11) is -0.691. The highest BCUT2D eigenvalue weighted by Crippen LogP contribution is 2.32. The van der Waals surface area contributed by atoms with Gasteiger partial charge in [0, 0.05) is 17.0 Å². The van der Waals surface area contributed by atoms with E-state index in [1.807, 2.05) is 12.3 Å². The van der Waals surface area contributed by atoms with Gasteiger partial charge in [0.2, 0.25) is 0 Å². The maximum atomic E-state index is 13.3. The molecular formula is C22H23NO5S2. The predicted octanol–water partition coefficient (Wildman–Crippen LogP) is 4.02. The fraction of sp³-hybridized carbons (Fsp3) is 0.227. The molecule has 8 heteroatoms. The molecule has 0 saturated heterocycles. The van der Waals surface area contributed by atoms with Crippen molar-refractivity contribution < 1.29 is 22.7 Å². The average Bonchev–Trinajstić information content (AvgIpc) is 3.27. The molecule has 0 aliphatic carbocycles. The second-order valence-electron chi connectivity index (χ2n) is 6.64. The monoisotopic (exact) mass is 445 g/mol. The fourth-order valence-corrected chi connectivity index (χ4v) is 5.78. The van der Waals surface area contributed by atoms with Crippen LogP contribution >= 0.6 is 11.3 Å². The Labute approximate surface area is 180 Å². The van der Waals surface area contributed by atoms with Crippen LogP contribution in [-0.2, 0) is 9.84 Å². The van der Waals surface area contributed by atoms with Crippen molar-refractivity contribution in [1.29, 1.82) is 0 Å². The van der Waals surface area contributed by atoms with Crippen LogP contribution < -0.4 is 14.8 Å². The van der Waals surface area contributed by atoms with Gasteiger partial charge in [-0.05, 0) is 48.7 Å². The van der Waals surface area contributed by atoms with Crippen molar-refractivity contribution in [1.82, 2.24) is 5.32 Å². The van der Waals surface area contributed by atoms with Crippen molar-refractivity contribution in [2.75, 3.05) is 20.8 Å². The van der Waals surface area contributed by atoms with Crippen molar-refractivity contribution >= 4 is 27.1 Å². The van der Waals surface area contributed by atoms with E-state index in [2.05, 4.69) is 5.32 Å². The summed E-state index contributed by atoms with van der Waals surface area (Å²) < 4.78 is 37.0. The van der Waals surface area contributed by atoms with E-state index in [4.69, 9.17) is 9.47 Å². The van der Waals surface area contributed by atoms with E-state index < -0.39 is 21.0 Å². The number of amides is 1. The number of benzene rings is 2. The van der Waals surface area contributed by atoms with Crippen LogP contribution in [0.1, 0.15) is 26.0 Å². The van der Waals surface area contributed by atoms with Crippen LogP contribution in [0.5, 0.6) is 11.5 Å². The van der Waals surface area contributed by atoms with Gasteiger partial charge in [-0.25, -0.2) is 8.42 Å². The third kappa shape index (κ3) is 4.66. The molecule has 1 atom stereocenters. The minimum Gasteiger partial charge on any atom is -0.493 e. The molecule has 1 aromatic heterocycles. The number of ether oxygens (including phenoxy) is 2. The van der Waals surface area contributed by atoms with E-state index in [1.165, 1.54) is 25.6 Å². The largest absolute Gasteiger partial charge is 0.493 e. The molecule has 1 amide bonds. The first-order valence-electron chi connectivity index (χ1n) is 9.21. The molecule has 6 nitrogen and oxygen atoms in total. The molecule has 2 aromatic carbocycles. The van der Waals surface area contributed by atoms with Crippen LogP contribution in [-0.4, -0.2) is 35.1 Å². The van der Waals surface area contributed by atoms with E-state index >= 15 is 0 Å². The summed E-state index contributed by atoms with van der Waals surface area (Å²) in [4.78, 5) is 13.6. The highest BCUT2D eigenvalue weighted by atomic mass is 32.2. The van der Waals surface area contributed by atoms with E-state index in [-0.39, 0.29) is 11.4 Å². The molecule has 0 radical (unpaired) electrons. The van der Waals surface area contributed by atoms with Crippen molar-refractivity contribution in [2.24, 2.45) is 0 Å². The zero-order valence-electron chi connectivity index (χ0n) is 16.9. The highest BCUT2D eigenvalue weighted by Gasteiger charge is 2.30. The minimum atomic E-state index is -3.69. The summed E-state index contributed by atoms with van der Waals surface area (Å²) in [6, 6.07) is 15.1. The van der Waals surface area contributed by atoms with Gasteiger partial charge in [0.1, 0.15) is 5.25 Å². The van der Waals surface area contributed by atoms with E-state index in [0.717, 1.165) is 5.56 Å². The minimum absolute atomic E-state index is 0.0517. The maximum Gasteiger partial charge on any atom is 0.251 e. The molecule has 0 saturated carbocycles. The number of hydrogen-bond donors (Lipinski definition) is 1. The number of carbonyl (C=O) groups excluding carboxylic acids is 1. The van der Waals surface area contributed by atoms with Crippen LogP contribution in [0.25, 0.3) is 0 Å². The molecule has 0 aliphatic rings. The van der Waals surface area contributed by atoms with Crippen LogP contribution in [0.2, 0.25) is 0 Å². The molecule has 1 unspecified atom stereocenters. The predicted molar refractivity (Wildman–Crippen MR) is 117 cm³/mol. The average molecular weight is 446 g/mol. The van der Waals surface area contributed by atoms with Gasteiger partial charge in [-0.2, -0.15) is 0 Å². The molecule has 1 heterocycles. The molecule has 0 bridgehead atoms.